The molecule has 1 aliphatic heterocycles. The van der Waals surface area contributed by atoms with Gasteiger partial charge in [-0.2, -0.15) is 0 Å². The van der Waals surface area contributed by atoms with E-state index in [2.05, 4.69) is 15.5 Å². The molecule has 8 heteroatoms. The molecule has 34 heavy (non-hydrogen) atoms. The van der Waals surface area contributed by atoms with Crippen LogP contribution in [0.15, 0.2) is 47.6 Å². The molecule has 2 heterocycles. The Morgan fingerprint density at radius 3 is 2.59 bits per heavy atom. The molecular formula is C26H31N5O2S. The first-order chi connectivity index (χ1) is 16.4. The van der Waals surface area contributed by atoms with Gasteiger partial charge in [-0.05, 0) is 69.4 Å². The predicted octanol–water partition coefficient (Wildman–Crippen LogP) is 4.93. The van der Waals surface area contributed by atoms with E-state index in [1.54, 1.807) is 0 Å². The molecule has 0 saturated carbocycles. The molecule has 1 atom stereocenters. The lowest BCUT2D eigenvalue weighted by Gasteiger charge is -2.25. The van der Waals surface area contributed by atoms with Crippen molar-refractivity contribution >= 4 is 29.3 Å². The average Bonchev–Trinajstić information content (AvgIpc) is 3.47. The van der Waals surface area contributed by atoms with Crippen molar-refractivity contribution in [3.05, 3.63) is 70.5 Å². The van der Waals surface area contributed by atoms with Crippen molar-refractivity contribution in [1.82, 2.24) is 19.7 Å². The molecule has 1 saturated heterocycles. The SMILES string of the molecule is CCn1c(SCC(=O)Nc2cccc(C)c2C)nnc1C1CCCN1C(=O)c1ccccc1C. The molecule has 178 valence electrons. The maximum atomic E-state index is 13.3. The van der Waals surface area contributed by atoms with Gasteiger partial charge in [0.05, 0.1) is 11.8 Å². The average molecular weight is 478 g/mol. The van der Waals surface area contributed by atoms with Crippen molar-refractivity contribution in [1.29, 1.82) is 0 Å². The highest BCUT2D eigenvalue weighted by molar-refractivity contribution is 7.99. The van der Waals surface area contributed by atoms with Gasteiger partial charge in [-0.3, -0.25) is 9.59 Å². The van der Waals surface area contributed by atoms with Gasteiger partial charge in [-0.25, -0.2) is 0 Å². The zero-order valence-corrected chi connectivity index (χ0v) is 21.0. The number of thioether (sulfide) groups is 1. The van der Waals surface area contributed by atoms with E-state index in [0.717, 1.165) is 46.6 Å². The van der Waals surface area contributed by atoms with Gasteiger partial charge in [0.25, 0.3) is 5.91 Å². The second kappa shape index (κ2) is 10.4. The summed E-state index contributed by atoms with van der Waals surface area (Å²) >= 11 is 1.37. The second-order valence-electron chi connectivity index (χ2n) is 8.64. The van der Waals surface area contributed by atoms with Crippen LogP contribution >= 0.6 is 11.8 Å². The molecule has 7 nitrogen and oxygen atoms in total. The number of carbonyl (C=O) groups excluding carboxylic acids is 2. The van der Waals surface area contributed by atoms with Crippen LogP contribution in [-0.4, -0.2) is 43.8 Å². The molecule has 4 rings (SSSR count). The molecule has 2 amide bonds. The number of hydrogen-bond acceptors (Lipinski definition) is 5. The van der Waals surface area contributed by atoms with E-state index in [4.69, 9.17) is 0 Å². The molecule has 1 fully saturated rings. The van der Waals surface area contributed by atoms with Crippen molar-refractivity contribution in [2.75, 3.05) is 17.6 Å². The van der Waals surface area contributed by atoms with Gasteiger partial charge >= 0.3 is 0 Å². The van der Waals surface area contributed by atoms with E-state index in [1.165, 1.54) is 11.8 Å². The number of aryl methyl sites for hydroxylation is 2. The second-order valence-corrected chi connectivity index (χ2v) is 9.58. The van der Waals surface area contributed by atoms with E-state index in [9.17, 15) is 9.59 Å². The number of amides is 2. The third kappa shape index (κ3) is 4.87. The van der Waals surface area contributed by atoms with Crippen LogP contribution in [0.4, 0.5) is 5.69 Å². The Morgan fingerprint density at radius 1 is 1.06 bits per heavy atom. The van der Waals surface area contributed by atoms with Gasteiger partial charge in [-0.15, -0.1) is 10.2 Å². The third-order valence-electron chi connectivity index (χ3n) is 6.46. The van der Waals surface area contributed by atoms with Crippen LogP contribution in [0.2, 0.25) is 0 Å². The molecule has 3 aromatic rings. The highest BCUT2D eigenvalue weighted by Gasteiger charge is 2.35. The summed E-state index contributed by atoms with van der Waals surface area (Å²) in [7, 11) is 0. The van der Waals surface area contributed by atoms with E-state index >= 15 is 0 Å². The first-order valence-electron chi connectivity index (χ1n) is 11.7. The Labute approximate surface area is 205 Å². The van der Waals surface area contributed by atoms with Gasteiger partial charge in [0, 0.05) is 24.3 Å². The Balaban J connectivity index is 1.47. The van der Waals surface area contributed by atoms with Crippen molar-refractivity contribution < 1.29 is 9.59 Å². The Morgan fingerprint density at radius 2 is 1.82 bits per heavy atom. The van der Waals surface area contributed by atoms with Gasteiger partial charge < -0.3 is 14.8 Å². The molecule has 2 aromatic carbocycles. The maximum Gasteiger partial charge on any atom is 0.254 e. The van der Waals surface area contributed by atoms with Crippen molar-refractivity contribution in [2.45, 2.75) is 58.3 Å². The highest BCUT2D eigenvalue weighted by Crippen LogP contribution is 2.34. The molecule has 1 N–H and O–H groups in total. The van der Waals surface area contributed by atoms with Gasteiger partial charge in [0.1, 0.15) is 0 Å². The molecule has 0 aliphatic carbocycles. The minimum absolute atomic E-state index is 0.0355. The zero-order valence-electron chi connectivity index (χ0n) is 20.2. The maximum absolute atomic E-state index is 13.3. The first-order valence-corrected chi connectivity index (χ1v) is 12.7. The van der Waals surface area contributed by atoms with E-state index < -0.39 is 0 Å². The molecule has 1 aliphatic rings. The van der Waals surface area contributed by atoms with Crippen LogP contribution in [-0.2, 0) is 11.3 Å². The molecule has 1 aromatic heterocycles. The summed E-state index contributed by atoms with van der Waals surface area (Å²) in [5.74, 6) is 0.984. The Hall–Kier alpha value is -3.13. The van der Waals surface area contributed by atoms with Gasteiger partial charge in [0.2, 0.25) is 5.91 Å². The fourth-order valence-electron chi connectivity index (χ4n) is 4.40. The zero-order chi connectivity index (χ0) is 24.2. The number of hydrogen-bond donors (Lipinski definition) is 1. The van der Waals surface area contributed by atoms with E-state index in [-0.39, 0.29) is 23.6 Å². The van der Waals surface area contributed by atoms with Crippen LogP contribution < -0.4 is 5.32 Å². The molecule has 0 bridgehead atoms. The fourth-order valence-corrected chi connectivity index (χ4v) is 5.21. The smallest absolute Gasteiger partial charge is 0.254 e. The first kappa shape index (κ1) is 24.0. The fraction of sp³-hybridized carbons (Fsp3) is 0.385. The van der Waals surface area contributed by atoms with Crippen molar-refractivity contribution in [3.63, 3.8) is 0 Å². The number of rotatable bonds is 7. The number of anilines is 1. The quantitative estimate of drug-likeness (QED) is 0.488. The van der Waals surface area contributed by atoms with E-state index in [0.29, 0.717) is 18.2 Å². The predicted molar refractivity (Wildman–Crippen MR) is 135 cm³/mol. The largest absolute Gasteiger partial charge is 0.328 e. The summed E-state index contributed by atoms with van der Waals surface area (Å²) < 4.78 is 2.03. The van der Waals surface area contributed by atoms with Crippen molar-refractivity contribution in [2.24, 2.45) is 0 Å². The van der Waals surface area contributed by atoms with Crippen LogP contribution in [0.5, 0.6) is 0 Å². The summed E-state index contributed by atoms with van der Waals surface area (Å²) in [6, 6.07) is 13.5. The summed E-state index contributed by atoms with van der Waals surface area (Å²) in [5.41, 5.74) is 4.75. The number of carbonyl (C=O) groups is 2. The van der Waals surface area contributed by atoms with Crippen molar-refractivity contribution in [3.8, 4) is 0 Å². The number of nitrogens with one attached hydrogen (secondary N) is 1. The lowest BCUT2D eigenvalue weighted by atomic mass is 10.1. The third-order valence-corrected chi connectivity index (χ3v) is 7.43. The topological polar surface area (TPSA) is 80.1 Å². The molecular weight excluding hydrogens is 446 g/mol. The Bertz CT molecular complexity index is 1210. The number of nitrogens with zero attached hydrogens (tertiary/aromatic N) is 4. The van der Waals surface area contributed by atoms with Crippen LogP contribution in [0.25, 0.3) is 0 Å². The monoisotopic (exact) mass is 477 g/mol. The van der Waals surface area contributed by atoms with Gasteiger partial charge in [0.15, 0.2) is 11.0 Å². The summed E-state index contributed by atoms with van der Waals surface area (Å²) in [4.78, 5) is 27.8. The van der Waals surface area contributed by atoms with E-state index in [1.807, 2.05) is 79.6 Å². The lowest BCUT2D eigenvalue weighted by molar-refractivity contribution is -0.113. The number of aromatic nitrogens is 3. The standard InChI is InChI=1S/C26H31N5O2S/c1-5-30-24(22-14-9-15-31(22)25(33)20-12-7-6-10-18(20)3)28-29-26(30)34-16-23(32)27-21-13-8-11-17(2)19(21)4/h6-8,10-13,22H,5,9,14-16H2,1-4H3,(H,27,32). The Kier molecular flexibility index (Phi) is 7.36. The summed E-state index contributed by atoms with van der Waals surface area (Å²) in [6.45, 7) is 9.41. The lowest BCUT2D eigenvalue weighted by Crippen LogP contribution is -2.32. The molecule has 0 radical (unpaired) electrons. The van der Waals surface area contributed by atoms with Crippen LogP contribution in [0.3, 0.4) is 0 Å². The van der Waals surface area contributed by atoms with Crippen LogP contribution in [0, 0.1) is 20.8 Å². The summed E-state index contributed by atoms with van der Waals surface area (Å²) in [5, 5.41) is 12.6. The minimum Gasteiger partial charge on any atom is -0.328 e. The number of likely N-dealkylation sites (tertiary alicyclic amines) is 1. The van der Waals surface area contributed by atoms with Crippen LogP contribution in [0.1, 0.15) is 58.7 Å². The highest BCUT2D eigenvalue weighted by atomic mass is 32.2. The summed E-state index contributed by atoms with van der Waals surface area (Å²) in [6.07, 6.45) is 1.78. The molecule has 0 spiro atoms. The number of benzene rings is 2. The van der Waals surface area contributed by atoms with Gasteiger partial charge in [-0.1, -0.05) is 42.1 Å². The minimum atomic E-state index is -0.113. The molecule has 1 unspecified atom stereocenters. The normalized spacial score (nSPS) is 15.5.